The average Bonchev–Trinajstić information content (AvgIpc) is 3.37. The molecule has 0 aliphatic rings. The van der Waals surface area contributed by atoms with E-state index >= 15 is 0 Å². The number of halogens is 3. The highest BCUT2D eigenvalue weighted by molar-refractivity contribution is 7.15. The fraction of sp³-hybridized carbons (Fsp3) is 0.125. The van der Waals surface area contributed by atoms with Gasteiger partial charge in [0.2, 0.25) is 5.82 Å². The highest BCUT2D eigenvalue weighted by atomic mass is 32.1. The Morgan fingerprint density at radius 1 is 1.04 bits per heavy atom. The van der Waals surface area contributed by atoms with Crippen LogP contribution in [0.3, 0.4) is 0 Å². The van der Waals surface area contributed by atoms with Crippen LogP contribution < -0.4 is 4.90 Å². The minimum Gasteiger partial charge on any atom is -0.329 e. The molecule has 0 aliphatic heterocycles. The summed E-state index contributed by atoms with van der Waals surface area (Å²) in [7, 11) is 0. The van der Waals surface area contributed by atoms with E-state index in [1.165, 1.54) is 17.7 Å². The second-order valence-corrected chi connectivity index (χ2v) is 6.60. The summed E-state index contributed by atoms with van der Waals surface area (Å²) in [4.78, 5) is 22.9. The lowest BCUT2D eigenvalue weighted by molar-refractivity contribution is -0.159. The number of hydrogen-bond donors (Lipinski definition) is 0. The van der Waals surface area contributed by atoms with Crippen molar-refractivity contribution in [3.05, 3.63) is 60.2 Å². The molecular formula is C16H10F3N7OS. The Morgan fingerprint density at radius 3 is 2.54 bits per heavy atom. The predicted octanol–water partition coefficient (Wildman–Crippen LogP) is 3.74. The van der Waals surface area contributed by atoms with E-state index in [4.69, 9.17) is 0 Å². The molecule has 4 rings (SSSR count). The van der Waals surface area contributed by atoms with Crippen molar-refractivity contribution >= 4 is 22.8 Å². The van der Waals surface area contributed by atoms with Gasteiger partial charge in [-0.15, -0.1) is 11.3 Å². The highest BCUT2D eigenvalue weighted by Gasteiger charge is 2.38. The third-order valence-electron chi connectivity index (χ3n) is 3.55. The summed E-state index contributed by atoms with van der Waals surface area (Å²) < 4.78 is 42.2. The van der Waals surface area contributed by atoms with Gasteiger partial charge in [0.25, 0.3) is 0 Å². The first-order valence-electron chi connectivity index (χ1n) is 7.79. The van der Waals surface area contributed by atoms with Crippen LogP contribution in [0, 0.1) is 0 Å². The molecule has 0 bridgehead atoms. The van der Waals surface area contributed by atoms with E-state index in [-0.39, 0.29) is 5.82 Å². The summed E-state index contributed by atoms with van der Waals surface area (Å²) in [5, 5.41) is 3.41. The summed E-state index contributed by atoms with van der Waals surface area (Å²) >= 11 is 1.24. The maximum absolute atomic E-state index is 12.6. The van der Waals surface area contributed by atoms with Gasteiger partial charge in [-0.2, -0.15) is 18.2 Å². The predicted molar refractivity (Wildman–Crippen MR) is 92.5 cm³/mol. The quantitative estimate of drug-likeness (QED) is 0.496. The van der Waals surface area contributed by atoms with Crippen LogP contribution in [0.4, 0.5) is 24.7 Å². The molecule has 4 heterocycles. The maximum Gasteiger partial charge on any atom is 0.471 e. The molecule has 0 radical (unpaired) electrons. The van der Waals surface area contributed by atoms with E-state index in [1.54, 1.807) is 43.1 Å². The lowest BCUT2D eigenvalue weighted by Gasteiger charge is -2.21. The van der Waals surface area contributed by atoms with E-state index in [0.29, 0.717) is 22.9 Å². The van der Waals surface area contributed by atoms with Crippen LogP contribution in [-0.4, -0.2) is 30.1 Å². The van der Waals surface area contributed by atoms with Crippen molar-refractivity contribution in [2.24, 2.45) is 0 Å². The Bertz CT molecular complexity index is 1010. The van der Waals surface area contributed by atoms with E-state index in [0.717, 1.165) is 4.88 Å². The SMILES string of the molecule is FC(F)(F)c1nc(-c2ccc(CN(c3cncnc3)c3cnccn3)s2)no1. The van der Waals surface area contributed by atoms with Crippen molar-refractivity contribution in [1.82, 2.24) is 30.1 Å². The van der Waals surface area contributed by atoms with E-state index < -0.39 is 12.1 Å². The molecule has 0 atom stereocenters. The summed E-state index contributed by atoms with van der Waals surface area (Å²) in [5.41, 5.74) is 0.692. The molecule has 0 unspecified atom stereocenters. The van der Waals surface area contributed by atoms with Crippen LogP contribution in [0.2, 0.25) is 0 Å². The Kier molecular flexibility index (Phi) is 4.69. The zero-order valence-electron chi connectivity index (χ0n) is 13.9. The van der Waals surface area contributed by atoms with Crippen molar-refractivity contribution in [3.8, 4) is 10.7 Å². The molecule has 0 saturated carbocycles. The van der Waals surface area contributed by atoms with Crippen molar-refractivity contribution in [2.75, 3.05) is 4.90 Å². The highest BCUT2D eigenvalue weighted by Crippen LogP contribution is 2.33. The second-order valence-electron chi connectivity index (χ2n) is 5.43. The monoisotopic (exact) mass is 405 g/mol. The molecule has 0 amide bonds. The van der Waals surface area contributed by atoms with Gasteiger partial charge in [0.15, 0.2) is 5.82 Å². The molecule has 8 nitrogen and oxygen atoms in total. The van der Waals surface area contributed by atoms with Crippen LogP contribution in [0.15, 0.2) is 54.0 Å². The lowest BCUT2D eigenvalue weighted by Crippen LogP contribution is -2.17. The topological polar surface area (TPSA) is 93.7 Å². The first-order chi connectivity index (χ1) is 13.5. The molecule has 0 spiro atoms. The largest absolute Gasteiger partial charge is 0.471 e. The molecule has 12 heteroatoms. The third kappa shape index (κ3) is 3.81. The van der Waals surface area contributed by atoms with Gasteiger partial charge in [-0.1, -0.05) is 5.16 Å². The summed E-state index contributed by atoms with van der Waals surface area (Å²) in [6.45, 7) is 0.376. The lowest BCUT2D eigenvalue weighted by atomic mass is 10.3. The summed E-state index contributed by atoms with van der Waals surface area (Å²) in [5.74, 6) is -0.913. The summed E-state index contributed by atoms with van der Waals surface area (Å²) in [6, 6.07) is 3.41. The van der Waals surface area contributed by atoms with Gasteiger partial charge in [0, 0.05) is 17.3 Å². The Morgan fingerprint density at radius 2 is 1.86 bits per heavy atom. The fourth-order valence-electron chi connectivity index (χ4n) is 2.34. The molecule has 4 aromatic heterocycles. The van der Waals surface area contributed by atoms with Crippen LogP contribution in [0.1, 0.15) is 10.8 Å². The zero-order chi connectivity index (χ0) is 19.6. The minimum absolute atomic E-state index is 0.113. The zero-order valence-corrected chi connectivity index (χ0v) is 14.7. The van der Waals surface area contributed by atoms with E-state index in [2.05, 4.69) is 34.6 Å². The summed E-state index contributed by atoms with van der Waals surface area (Å²) in [6.07, 6.45) is 4.70. The van der Waals surface area contributed by atoms with Crippen molar-refractivity contribution in [3.63, 3.8) is 0 Å². The smallest absolute Gasteiger partial charge is 0.329 e. The van der Waals surface area contributed by atoms with Gasteiger partial charge in [0.05, 0.1) is 35.7 Å². The Balaban J connectivity index is 1.61. The van der Waals surface area contributed by atoms with Gasteiger partial charge < -0.3 is 9.42 Å². The number of hydrogen-bond acceptors (Lipinski definition) is 9. The first-order valence-corrected chi connectivity index (χ1v) is 8.61. The van der Waals surface area contributed by atoms with Crippen LogP contribution in [0.5, 0.6) is 0 Å². The number of rotatable bonds is 5. The molecule has 0 aliphatic carbocycles. The molecule has 0 fully saturated rings. The Hall–Kier alpha value is -3.41. The van der Waals surface area contributed by atoms with Gasteiger partial charge in [-0.3, -0.25) is 4.98 Å². The molecule has 4 aromatic rings. The average molecular weight is 405 g/mol. The standard InChI is InChI=1S/C16H10F3N7OS/c17-16(18,19)15-24-14(25-27-15)12-2-1-11(28-12)8-26(10-5-21-9-22-6-10)13-7-20-3-4-23-13/h1-7,9H,8H2. The number of alkyl halides is 3. The first kappa shape index (κ1) is 18.0. The van der Waals surface area contributed by atoms with Gasteiger partial charge in [0.1, 0.15) is 6.33 Å². The van der Waals surface area contributed by atoms with Crippen LogP contribution in [0.25, 0.3) is 10.7 Å². The molecular weight excluding hydrogens is 395 g/mol. The number of nitrogens with zero attached hydrogens (tertiary/aromatic N) is 7. The second kappa shape index (κ2) is 7.31. The maximum atomic E-state index is 12.6. The molecule has 0 aromatic carbocycles. The van der Waals surface area contributed by atoms with Gasteiger partial charge in [-0.05, 0) is 12.1 Å². The number of thiophene rings is 1. The molecule has 0 N–H and O–H groups in total. The van der Waals surface area contributed by atoms with E-state index in [1.807, 2.05) is 4.90 Å². The number of aromatic nitrogens is 6. The minimum atomic E-state index is -4.68. The molecule has 142 valence electrons. The van der Waals surface area contributed by atoms with Crippen LogP contribution >= 0.6 is 11.3 Å². The Labute approximate surface area is 159 Å². The molecule has 28 heavy (non-hydrogen) atoms. The normalized spacial score (nSPS) is 11.5. The van der Waals surface area contributed by atoms with Gasteiger partial charge in [-0.25, -0.2) is 15.0 Å². The van der Waals surface area contributed by atoms with Gasteiger partial charge >= 0.3 is 12.1 Å². The third-order valence-corrected chi connectivity index (χ3v) is 4.62. The van der Waals surface area contributed by atoms with Crippen molar-refractivity contribution in [1.29, 1.82) is 0 Å². The van der Waals surface area contributed by atoms with Crippen molar-refractivity contribution < 1.29 is 17.7 Å². The van der Waals surface area contributed by atoms with Crippen LogP contribution in [-0.2, 0) is 12.7 Å². The number of anilines is 2. The fourth-order valence-corrected chi connectivity index (χ4v) is 3.27. The van der Waals surface area contributed by atoms with Crippen molar-refractivity contribution in [2.45, 2.75) is 12.7 Å². The molecule has 0 saturated heterocycles. The van der Waals surface area contributed by atoms with E-state index in [9.17, 15) is 13.2 Å².